The van der Waals surface area contributed by atoms with Crippen molar-refractivity contribution in [2.75, 3.05) is 19.4 Å². The Bertz CT molecular complexity index is 1610. The highest BCUT2D eigenvalue weighted by atomic mass is 32.2. The monoisotopic (exact) mass is 701 g/mol. The molecule has 2 amide bonds. The third kappa shape index (κ3) is 11.9. The highest BCUT2D eigenvalue weighted by Crippen LogP contribution is 2.20. The van der Waals surface area contributed by atoms with Gasteiger partial charge in [0.2, 0.25) is 5.91 Å². The van der Waals surface area contributed by atoms with E-state index in [-0.39, 0.29) is 30.6 Å². The van der Waals surface area contributed by atoms with Gasteiger partial charge in [-0.2, -0.15) is 0 Å². The van der Waals surface area contributed by atoms with Gasteiger partial charge in [0.15, 0.2) is 9.84 Å². The number of carbonyl (C=O) groups excluding carboxylic acids is 2. The number of nitrogens with two attached hydrogens (primary N) is 1. The second kappa shape index (κ2) is 18.8. The molecule has 49 heavy (non-hydrogen) atoms. The normalized spacial score (nSPS) is 13.5. The summed E-state index contributed by atoms with van der Waals surface area (Å²) in [7, 11) is -2.40. The van der Waals surface area contributed by atoms with E-state index in [9.17, 15) is 31.9 Å². The second-order valence-electron chi connectivity index (χ2n) is 12.4. The molecule has 268 valence electrons. The number of aliphatic hydroxyl groups is 1. The van der Waals surface area contributed by atoms with Gasteiger partial charge in [-0.3, -0.25) is 9.59 Å². The van der Waals surface area contributed by atoms with Gasteiger partial charge in [-0.05, 0) is 78.8 Å². The third-order valence-electron chi connectivity index (χ3n) is 8.46. The minimum absolute atomic E-state index is 0.0205. The Balaban J connectivity index is 2.00. The summed E-state index contributed by atoms with van der Waals surface area (Å²) in [6.07, 6.45) is 1.34. The number of hydrogen-bond acceptors (Lipinski definition) is 7. The maximum absolute atomic E-state index is 14.5. The molecule has 0 heterocycles. The standard InChI is InChI=1S/C37H49F2N3O6S/c1-5-9-32(10-6-2)49(46,47)24-34(41-36(44)28-13-15-31(48-4)16-14-28)37(45)42(22-26-12-8-11-25(7-3)17-26)23-35(43)33(40)20-27-18-29(38)21-30(39)19-27/h8,11-19,21,32-35,43H,5-7,9-10,20,22-24,40H2,1-4H3,(H,41,44)/t33-,34?,35+/m0/s1. The first-order valence-electron chi connectivity index (χ1n) is 16.7. The molecule has 1 unspecified atom stereocenters. The minimum atomic E-state index is -3.88. The molecule has 0 aliphatic rings. The van der Waals surface area contributed by atoms with Crippen LogP contribution < -0.4 is 15.8 Å². The van der Waals surface area contributed by atoms with Crippen molar-refractivity contribution in [2.45, 2.75) is 89.3 Å². The van der Waals surface area contributed by atoms with E-state index in [1.807, 2.05) is 45.0 Å². The predicted octanol–water partition coefficient (Wildman–Crippen LogP) is 4.98. The van der Waals surface area contributed by atoms with Gasteiger partial charge in [-0.15, -0.1) is 0 Å². The summed E-state index contributed by atoms with van der Waals surface area (Å²) in [5.41, 5.74) is 8.44. The average Bonchev–Trinajstić information content (AvgIpc) is 3.06. The van der Waals surface area contributed by atoms with Gasteiger partial charge in [0, 0.05) is 30.8 Å². The van der Waals surface area contributed by atoms with Crippen LogP contribution in [-0.4, -0.2) is 73.1 Å². The SMILES string of the molecule is CCCC(CCC)S(=O)(=O)CC(NC(=O)c1ccc(OC)cc1)C(=O)N(Cc1cccc(CC)c1)C[C@@H](O)[C@@H](N)Cc1cc(F)cc(F)c1. The summed E-state index contributed by atoms with van der Waals surface area (Å²) >= 11 is 0. The number of benzene rings is 3. The molecule has 3 aromatic carbocycles. The van der Waals surface area contributed by atoms with Gasteiger partial charge in [-0.25, -0.2) is 17.2 Å². The number of ether oxygens (including phenoxy) is 1. The lowest BCUT2D eigenvalue weighted by Crippen LogP contribution is -2.55. The molecule has 0 radical (unpaired) electrons. The summed E-state index contributed by atoms with van der Waals surface area (Å²) in [4.78, 5) is 29.2. The van der Waals surface area contributed by atoms with Gasteiger partial charge < -0.3 is 25.8 Å². The lowest BCUT2D eigenvalue weighted by atomic mass is 10.0. The minimum Gasteiger partial charge on any atom is -0.497 e. The zero-order valence-corrected chi connectivity index (χ0v) is 29.5. The van der Waals surface area contributed by atoms with E-state index >= 15 is 0 Å². The molecule has 0 bridgehead atoms. The number of halogens is 2. The highest BCUT2D eigenvalue weighted by molar-refractivity contribution is 7.92. The maximum atomic E-state index is 14.5. The first kappa shape index (κ1) is 39.6. The molecule has 0 aromatic heterocycles. The molecule has 0 spiro atoms. The van der Waals surface area contributed by atoms with E-state index in [1.54, 1.807) is 12.1 Å². The van der Waals surface area contributed by atoms with Crippen LogP contribution in [0.1, 0.15) is 73.5 Å². The van der Waals surface area contributed by atoms with Crippen molar-refractivity contribution >= 4 is 21.7 Å². The average molecular weight is 702 g/mol. The topological polar surface area (TPSA) is 139 Å². The molecule has 0 aliphatic heterocycles. The summed E-state index contributed by atoms with van der Waals surface area (Å²) in [5, 5.41) is 13.2. The molecular weight excluding hydrogens is 652 g/mol. The first-order valence-corrected chi connectivity index (χ1v) is 18.4. The van der Waals surface area contributed by atoms with Gasteiger partial charge >= 0.3 is 0 Å². The largest absolute Gasteiger partial charge is 0.497 e. The van der Waals surface area contributed by atoms with Crippen LogP contribution in [0.25, 0.3) is 0 Å². The molecule has 4 N–H and O–H groups in total. The Morgan fingerprint density at radius 2 is 1.53 bits per heavy atom. The summed E-state index contributed by atoms with van der Waals surface area (Å²) in [6.45, 7) is 5.41. The quantitative estimate of drug-likeness (QED) is 0.160. The fraction of sp³-hybridized carbons (Fsp3) is 0.459. The fourth-order valence-electron chi connectivity index (χ4n) is 5.79. The molecular formula is C37H49F2N3O6S. The van der Waals surface area contributed by atoms with Crippen molar-refractivity contribution in [1.82, 2.24) is 10.2 Å². The van der Waals surface area contributed by atoms with Crippen LogP contribution in [0.5, 0.6) is 5.75 Å². The predicted molar refractivity (Wildman–Crippen MR) is 187 cm³/mol. The highest BCUT2D eigenvalue weighted by Gasteiger charge is 2.35. The number of nitrogens with one attached hydrogen (secondary N) is 1. The summed E-state index contributed by atoms with van der Waals surface area (Å²) in [6, 6.07) is 14.1. The van der Waals surface area contributed by atoms with E-state index in [2.05, 4.69) is 5.32 Å². The van der Waals surface area contributed by atoms with E-state index in [1.165, 1.54) is 24.1 Å². The Hall–Kier alpha value is -3.87. The molecule has 0 saturated carbocycles. The molecule has 0 aliphatic carbocycles. The van der Waals surface area contributed by atoms with Crippen molar-refractivity contribution < 1.29 is 36.6 Å². The van der Waals surface area contributed by atoms with Crippen LogP contribution in [-0.2, 0) is 34.0 Å². The van der Waals surface area contributed by atoms with Gasteiger partial charge in [0.25, 0.3) is 5.91 Å². The van der Waals surface area contributed by atoms with Gasteiger partial charge in [0.05, 0.1) is 24.2 Å². The number of aryl methyl sites for hydroxylation is 1. The van der Waals surface area contributed by atoms with Crippen molar-refractivity contribution in [1.29, 1.82) is 0 Å². The van der Waals surface area contributed by atoms with Crippen LogP contribution in [0.15, 0.2) is 66.7 Å². The Kier molecular flexibility index (Phi) is 15.2. The lowest BCUT2D eigenvalue weighted by molar-refractivity contribution is -0.135. The molecule has 12 heteroatoms. The van der Waals surface area contributed by atoms with Crippen molar-refractivity contribution in [3.63, 3.8) is 0 Å². The van der Waals surface area contributed by atoms with Crippen molar-refractivity contribution in [2.24, 2.45) is 5.73 Å². The molecule has 0 fully saturated rings. The Morgan fingerprint density at radius 1 is 0.918 bits per heavy atom. The number of aliphatic hydroxyl groups excluding tert-OH is 1. The Labute approximate surface area is 288 Å². The maximum Gasteiger partial charge on any atom is 0.251 e. The fourth-order valence-corrected chi connectivity index (χ4v) is 7.95. The summed E-state index contributed by atoms with van der Waals surface area (Å²) in [5.74, 6) is -3.08. The second-order valence-corrected chi connectivity index (χ2v) is 14.7. The number of hydrogen-bond donors (Lipinski definition) is 3. The lowest BCUT2D eigenvalue weighted by Gasteiger charge is -2.32. The van der Waals surface area contributed by atoms with Crippen molar-refractivity contribution in [3.05, 3.63) is 101 Å². The molecule has 3 aromatic rings. The van der Waals surface area contributed by atoms with Gasteiger partial charge in [-0.1, -0.05) is 57.9 Å². The smallest absolute Gasteiger partial charge is 0.251 e. The number of rotatable bonds is 19. The molecule has 3 rings (SSSR count). The number of nitrogens with zero attached hydrogens (tertiary/aromatic N) is 1. The van der Waals surface area contributed by atoms with Crippen LogP contribution in [0.4, 0.5) is 8.78 Å². The van der Waals surface area contributed by atoms with E-state index in [0.717, 1.165) is 35.7 Å². The van der Waals surface area contributed by atoms with E-state index in [0.29, 0.717) is 31.4 Å². The van der Waals surface area contributed by atoms with Crippen LogP contribution in [0, 0.1) is 11.6 Å². The number of methoxy groups -OCH3 is 1. The van der Waals surface area contributed by atoms with Crippen LogP contribution in [0.3, 0.4) is 0 Å². The molecule has 9 nitrogen and oxygen atoms in total. The van der Waals surface area contributed by atoms with E-state index < -0.39 is 62.5 Å². The van der Waals surface area contributed by atoms with Crippen LogP contribution in [0.2, 0.25) is 0 Å². The number of amides is 2. The van der Waals surface area contributed by atoms with Crippen LogP contribution >= 0.6 is 0 Å². The third-order valence-corrected chi connectivity index (χ3v) is 10.7. The number of sulfone groups is 1. The zero-order valence-electron chi connectivity index (χ0n) is 28.7. The van der Waals surface area contributed by atoms with E-state index in [4.69, 9.17) is 10.5 Å². The summed E-state index contributed by atoms with van der Waals surface area (Å²) < 4.78 is 60.5. The van der Waals surface area contributed by atoms with Crippen molar-refractivity contribution in [3.8, 4) is 5.75 Å². The van der Waals surface area contributed by atoms with Gasteiger partial charge in [0.1, 0.15) is 23.4 Å². The first-order chi connectivity index (χ1) is 23.3. The molecule has 3 atom stereocenters. The molecule has 0 saturated heterocycles. The zero-order chi connectivity index (χ0) is 36.1. The Morgan fingerprint density at radius 3 is 2.10 bits per heavy atom. The number of carbonyl (C=O) groups is 2.